The van der Waals surface area contributed by atoms with Gasteiger partial charge in [0, 0.05) is 18.5 Å². The molecule has 2 amide bonds. The topological polar surface area (TPSA) is 82.3 Å². The average molecular weight is 310 g/mol. The van der Waals surface area contributed by atoms with Crippen molar-refractivity contribution in [2.24, 2.45) is 5.92 Å². The van der Waals surface area contributed by atoms with Gasteiger partial charge in [-0.2, -0.15) is 0 Å². The van der Waals surface area contributed by atoms with Gasteiger partial charge >= 0.3 is 0 Å². The van der Waals surface area contributed by atoms with Crippen LogP contribution in [0.3, 0.4) is 0 Å². The molecule has 6 nitrogen and oxygen atoms in total. The van der Waals surface area contributed by atoms with Gasteiger partial charge in [0.15, 0.2) is 0 Å². The summed E-state index contributed by atoms with van der Waals surface area (Å²) in [6.07, 6.45) is 3.21. The Morgan fingerprint density at radius 2 is 2.04 bits per heavy atom. The molecule has 1 aromatic carbocycles. The lowest BCUT2D eigenvalue weighted by Gasteiger charge is -2.18. The molecule has 6 heteroatoms. The van der Waals surface area contributed by atoms with Crippen molar-refractivity contribution in [3.8, 4) is 0 Å². The van der Waals surface area contributed by atoms with Gasteiger partial charge in [-0.05, 0) is 12.0 Å². The van der Waals surface area contributed by atoms with E-state index in [2.05, 4.69) is 27.6 Å². The molecule has 4 N–H and O–H groups in total. The van der Waals surface area contributed by atoms with Crippen molar-refractivity contribution in [1.29, 1.82) is 0 Å². The van der Waals surface area contributed by atoms with Crippen molar-refractivity contribution in [1.82, 2.24) is 21.5 Å². The molecule has 0 spiro atoms. The minimum absolute atomic E-state index is 0.195. The molecule has 4 rings (SSSR count). The Labute approximate surface area is 134 Å². The van der Waals surface area contributed by atoms with Gasteiger partial charge in [-0.1, -0.05) is 42.0 Å². The molecule has 2 aliphatic carbocycles. The number of hydrogen-bond donors (Lipinski definition) is 4. The molecule has 1 saturated carbocycles. The Morgan fingerprint density at radius 3 is 2.78 bits per heavy atom. The van der Waals surface area contributed by atoms with E-state index < -0.39 is 6.04 Å². The maximum Gasteiger partial charge on any atom is 0.269 e. The fraction of sp³-hybridized carbons (Fsp3) is 0.294. The van der Waals surface area contributed by atoms with Gasteiger partial charge in [0.05, 0.1) is 6.04 Å². The number of hydrogen-bond acceptors (Lipinski definition) is 4. The molecule has 0 saturated heterocycles. The number of amides is 2. The molecule has 1 aromatic rings. The molecule has 1 heterocycles. The maximum atomic E-state index is 12.6. The molecule has 3 aliphatic rings. The number of benzene rings is 1. The number of carbonyl (C=O) groups excluding carboxylic acids is 2. The molecule has 2 unspecified atom stereocenters. The summed E-state index contributed by atoms with van der Waals surface area (Å²) in [7, 11) is 1.56. The van der Waals surface area contributed by atoms with Crippen LogP contribution in [-0.4, -0.2) is 24.9 Å². The lowest BCUT2D eigenvalue weighted by molar-refractivity contribution is -0.127. The van der Waals surface area contributed by atoms with Crippen LogP contribution < -0.4 is 21.5 Å². The third kappa shape index (κ3) is 2.31. The van der Waals surface area contributed by atoms with Crippen molar-refractivity contribution in [2.75, 3.05) is 7.05 Å². The highest BCUT2D eigenvalue weighted by molar-refractivity contribution is 5.98. The van der Waals surface area contributed by atoms with Gasteiger partial charge < -0.3 is 16.1 Å². The quantitative estimate of drug-likeness (QED) is 0.644. The van der Waals surface area contributed by atoms with Gasteiger partial charge in [-0.15, -0.1) is 0 Å². The fourth-order valence-corrected chi connectivity index (χ4v) is 3.31. The molecule has 0 radical (unpaired) electrons. The first kappa shape index (κ1) is 14.0. The molecule has 1 aliphatic heterocycles. The Kier molecular flexibility index (Phi) is 3.20. The zero-order chi connectivity index (χ0) is 16.0. The second-order valence-corrected chi connectivity index (χ2v) is 6.04. The average Bonchev–Trinajstić information content (AvgIpc) is 3.06. The van der Waals surface area contributed by atoms with Crippen LogP contribution in [0.15, 0.2) is 53.3 Å². The van der Waals surface area contributed by atoms with Crippen molar-refractivity contribution in [3.05, 3.63) is 58.8 Å². The van der Waals surface area contributed by atoms with E-state index in [1.807, 2.05) is 30.3 Å². The Morgan fingerprint density at radius 1 is 1.26 bits per heavy atom. The summed E-state index contributed by atoms with van der Waals surface area (Å²) in [4.78, 5) is 24.8. The third-order valence-electron chi connectivity index (χ3n) is 4.64. The zero-order valence-corrected chi connectivity index (χ0v) is 12.7. The smallest absolute Gasteiger partial charge is 0.269 e. The second-order valence-electron chi connectivity index (χ2n) is 6.04. The SMILES string of the molecule is CNC(=O)[C@@H](NC(=O)C1=C2C=C3CC3C2NN1)c1ccccc1. The lowest BCUT2D eigenvalue weighted by Crippen LogP contribution is -2.42. The summed E-state index contributed by atoms with van der Waals surface area (Å²) in [6, 6.07) is 8.70. The van der Waals surface area contributed by atoms with E-state index in [0.717, 1.165) is 17.6 Å². The lowest BCUT2D eigenvalue weighted by atomic mass is 10.0. The molecule has 0 aromatic heterocycles. The predicted molar refractivity (Wildman–Crippen MR) is 84.7 cm³/mol. The van der Waals surface area contributed by atoms with Crippen molar-refractivity contribution in [3.63, 3.8) is 0 Å². The molecular formula is C17H18N4O2. The number of fused-ring (bicyclic) bond motifs is 3. The van der Waals surface area contributed by atoms with Crippen LogP contribution in [0, 0.1) is 5.92 Å². The van der Waals surface area contributed by atoms with Gasteiger partial charge in [-0.3, -0.25) is 9.59 Å². The summed E-state index contributed by atoms with van der Waals surface area (Å²) >= 11 is 0. The predicted octanol–water partition coefficient (Wildman–Crippen LogP) is 0.280. The zero-order valence-electron chi connectivity index (χ0n) is 12.7. The minimum atomic E-state index is -0.716. The van der Waals surface area contributed by atoms with E-state index in [9.17, 15) is 9.59 Å². The highest BCUT2D eigenvalue weighted by atomic mass is 16.2. The van der Waals surface area contributed by atoms with E-state index in [-0.39, 0.29) is 17.9 Å². The summed E-state index contributed by atoms with van der Waals surface area (Å²) in [5.41, 5.74) is 9.79. The minimum Gasteiger partial charge on any atom is -0.357 e. The Hall–Kier alpha value is -2.60. The van der Waals surface area contributed by atoms with Crippen LogP contribution in [0.25, 0.3) is 0 Å². The first-order valence-electron chi connectivity index (χ1n) is 7.72. The van der Waals surface area contributed by atoms with Crippen LogP contribution in [0.2, 0.25) is 0 Å². The number of hydrazine groups is 1. The van der Waals surface area contributed by atoms with Crippen molar-refractivity contribution in [2.45, 2.75) is 18.5 Å². The highest BCUT2D eigenvalue weighted by Gasteiger charge is 2.48. The highest BCUT2D eigenvalue weighted by Crippen LogP contribution is 2.50. The Bertz CT molecular complexity index is 738. The molecule has 1 fully saturated rings. The van der Waals surface area contributed by atoms with E-state index in [0.29, 0.717) is 11.6 Å². The van der Waals surface area contributed by atoms with Crippen LogP contribution in [0.4, 0.5) is 0 Å². The standard InChI is InChI=1S/C17H18N4O2/c1-18-16(22)13(9-5-3-2-4-6-9)19-17(23)15-12-8-10-7-11(10)14(12)20-21-15/h2-6,8,11,13-14,20-21H,7H2,1H3,(H,18,22)(H,19,23)/t11?,13-,14?/m0/s1. The van der Waals surface area contributed by atoms with Gasteiger partial charge in [0.2, 0.25) is 5.91 Å². The summed E-state index contributed by atoms with van der Waals surface area (Å²) in [5, 5.41) is 5.43. The summed E-state index contributed by atoms with van der Waals surface area (Å²) in [6.45, 7) is 0. The maximum absolute atomic E-state index is 12.6. The van der Waals surface area contributed by atoms with E-state index in [4.69, 9.17) is 0 Å². The summed E-state index contributed by atoms with van der Waals surface area (Å²) < 4.78 is 0. The first-order chi connectivity index (χ1) is 11.2. The monoisotopic (exact) mass is 310 g/mol. The molecule has 118 valence electrons. The second kappa shape index (κ2) is 5.24. The normalized spacial score (nSPS) is 25.0. The number of rotatable bonds is 4. The number of nitrogens with one attached hydrogen (secondary N) is 4. The number of carbonyl (C=O) groups is 2. The number of likely N-dealkylation sites (N-methyl/N-ethyl adjacent to an activating group) is 1. The first-order valence-corrected chi connectivity index (χ1v) is 7.72. The van der Waals surface area contributed by atoms with E-state index in [1.54, 1.807) is 7.05 Å². The van der Waals surface area contributed by atoms with Gasteiger partial charge in [0.1, 0.15) is 11.7 Å². The van der Waals surface area contributed by atoms with Crippen LogP contribution >= 0.6 is 0 Å². The molecule has 0 bridgehead atoms. The summed E-state index contributed by atoms with van der Waals surface area (Å²) in [5.74, 6) is 0.0162. The van der Waals surface area contributed by atoms with Crippen molar-refractivity contribution >= 4 is 11.8 Å². The third-order valence-corrected chi connectivity index (χ3v) is 4.64. The van der Waals surface area contributed by atoms with Gasteiger partial charge in [0.25, 0.3) is 5.91 Å². The fourth-order valence-electron chi connectivity index (χ4n) is 3.31. The van der Waals surface area contributed by atoms with Crippen LogP contribution in [-0.2, 0) is 9.59 Å². The van der Waals surface area contributed by atoms with Gasteiger partial charge in [-0.25, -0.2) is 5.43 Å². The van der Waals surface area contributed by atoms with E-state index >= 15 is 0 Å². The molecule has 23 heavy (non-hydrogen) atoms. The van der Waals surface area contributed by atoms with E-state index in [1.165, 1.54) is 5.57 Å². The van der Waals surface area contributed by atoms with Crippen molar-refractivity contribution < 1.29 is 9.59 Å². The molecular weight excluding hydrogens is 292 g/mol. The van der Waals surface area contributed by atoms with Crippen LogP contribution in [0.5, 0.6) is 0 Å². The van der Waals surface area contributed by atoms with Crippen LogP contribution in [0.1, 0.15) is 18.0 Å². The largest absolute Gasteiger partial charge is 0.357 e. The Balaban J connectivity index is 1.58. The molecule has 3 atom stereocenters.